The zero-order valence-corrected chi connectivity index (χ0v) is 11.9. The molecule has 4 nitrogen and oxygen atoms in total. The second-order valence-electron chi connectivity index (χ2n) is 5.07. The Hall–Kier alpha value is -1.36. The van der Waals surface area contributed by atoms with Gasteiger partial charge in [0.05, 0.1) is 0 Å². The van der Waals surface area contributed by atoms with E-state index in [1.54, 1.807) is 16.2 Å². The highest BCUT2D eigenvalue weighted by atomic mass is 32.1. The Morgan fingerprint density at radius 2 is 2.32 bits per heavy atom. The molecule has 1 saturated heterocycles. The molecule has 2 rings (SSSR count). The van der Waals surface area contributed by atoms with Gasteiger partial charge in [0, 0.05) is 17.8 Å². The van der Waals surface area contributed by atoms with Crippen molar-refractivity contribution >= 4 is 23.2 Å². The molecule has 1 fully saturated rings. The van der Waals surface area contributed by atoms with Gasteiger partial charge in [0.2, 0.25) is 5.91 Å². The van der Waals surface area contributed by atoms with Gasteiger partial charge in [-0.25, -0.2) is 4.79 Å². The van der Waals surface area contributed by atoms with Gasteiger partial charge in [-0.2, -0.15) is 0 Å². The van der Waals surface area contributed by atoms with E-state index in [2.05, 4.69) is 6.07 Å². The number of amides is 1. The van der Waals surface area contributed by atoms with E-state index in [1.807, 2.05) is 18.4 Å². The predicted octanol–water partition coefficient (Wildman–Crippen LogP) is 2.39. The van der Waals surface area contributed by atoms with Crippen LogP contribution in [0.1, 0.15) is 31.1 Å². The summed E-state index contributed by atoms with van der Waals surface area (Å²) in [5, 5.41) is 11.2. The Balaban J connectivity index is 1.84. The number of likely N-dealkylation sites (tertiary alicyclic amines) is 1. The summed E-state index contributed by atoms with van der Waals surface area (Å²) in [6, 6.07) is 3.44. The number of carboxylic acids is 1. The van der Waals surface area contributed by atoms with Crippen molar-refractivity contribution in [3.63, 3.8) is 0 Å². The van der Waals surface area contributed by atoms with Crippen LogP contribution in [0.5, 0.6) is 0 Å². The lowest BCUT2D eigenvalue weighted by Crippen LogP contribution is -2.42. The van der Waals surface area contributed by atoms with Crippen LogP contribution < -0.4 is 0 Å². The average Bonchev–Trinajstić information content (AvgIpc) is 2.97. The summed E-state index contributed by atoms with van der Waals surface area (Å²) in [4.78, 5) is 26.1. The van der Waals surface area contributed by atoms with Crippen molar-refractivity contribution in [3.05, 3.63) is 22.4 Å². The number of hydrogen-bond donors (Lipinski definition) is 1. The molecule has 0 spiro atoms. The van der Waals surface area contributed by atoms with Gasteiger partial charge < -0.3 is 10.0 Å². The van der Waals surface area contributed by atoms with Crippen LogP contribution in [-0.2, 0) is 16.0 Å². The number of nitrogens with zero attached hydrogens (tertiary/aromatic N) is 1. The number of carboxylic acid groups (broad SMARTS) is 1. The van der Waals surface area contributed by atoms with Gasteiger partial charge >= 0.3 is 5.97 Å². The highest BCUT2D eigenvalue weighted by molar-refractivity contribution is 7.09. The maximum Gasteiger partial charge on any atom is 0.326 e. The second-order valence-corrected chi connectivity index (χ2v) is 6.10. The quantitative estimate of drug-likeness (QED) is 0.901. The Labute approximate surface area is 117 Å². The van der Waals surface area contributed by atoms with E-state index >= 15 is 0 Å². The summed E-state index contributed by atoms with van der Waals surface area (Å²) in [7, 11) is 0. The smallest absolute Gasteiger partial charge is 0.326 e. The minimum absolute atomic E-state index is 0.0201. The van der Waals surface area contributed by atoms with Crippen molar-refractivity contribution < 1.29 is 14.7 Å². The molecule has 0 aliphatic carbocycles. The first-order chi connectivity index (χ1) is 9.09. The largest absolute Gasteiger partial charge is 0.480 e. The van der Waals surface area contributed by atoms with E-state index in [4.69, 9.17) is 0 Å². The summed E-state index contributed by atoms with van der Waals surface area (Å²) in [5.74, 6) is -0.844. The molecule has 0 bridgehead atoms. The van der Waals surface area contributed by atoms with E-state index in [0.717, 1.165) is 19.3 Å². The van der Waals surface area contributed by atoms with Gasteiger partial charge in [0.15, 0.2) is 0 Å². The summed E-state index contributed by atoms with van der Waals surface area (Å²) in [6.45, 7) is 2.48. The molecule has 1 aromatic rings. The fraction of sp³-hybridized carbons (Fsp3) is 0.571. The van der Waals surface area contributed by atoms with E-state index in [0.29, 0.717) is 13.0 Å². The van der Waals surface area contributed by atoms with Crippen LogP contribution in [-0.4, -0.2) is 34.5 Å². The first-order valence-corrected chi connectivity index (χ1v) is 7.52. The fourth-order valence-electron chi connectivity index (χ4n) is 2.62. The standard InChI is InChI=1S/C14H19NO3S/c1-10-7-8-15(13(10)14(17)18)12(16)6-2-4-11-5-3-9-19-11/h3,5,9-10,13H,2,4,6-8H2,1H3,(H,17,18). The lowest BCUT2D eigenvalue weighted by atomic mass is 10.0. The van der Waals surface area contributed by atoms with Crippen LogP contribution >= 0.6 is 11.3 Å². The Kier molecular flexibility index (Phi) is 4.58. The molecule has 19 heavy (non-hydrogen) atoms. The Morgan fingerprint density at radius 3 is 2.95 bits per heavy atom. The SMILES string of the molecule is CC1CCN(C(=O)CCCc2cccs2)C1C(=O)O. The molecule has 1 aliphatic heterocycles. The molecule has 104 valence electrons. The number of aryl methyl sites for hydroxylation is 1. The van der Waals surface area contributed by atoms with Crippen LogP contribution in [0.25, 0.3) is 0 Å². The van der Waals surface area contributed by atoms with Crippen LogP contribution in [0, 0.1) is 5.92 Å². The number of rotatable bonds is 5. The summed E-state index contributed by atoms with van der Waals surface area (Å²) in [5.41, 5.74) is 0. The molecule has 0 saturated carbocycles. The van der Waals surface area contributed by atoms with E-state index in [-0.39, 0.29) is 11.8 Å². The topological polar surface area (TPSA) is 57.6 Å². The minimum atomic E-state index is -0.878. The average molecular weight is 281 g/mol. The number of thiophene rings is 1. The van der Waals surface area contributed by atoms with Crippen LogP contribution in [0.4, 0.5) is 0 Å². The highest BCUT2D eigenvalue weighted by Crippen LogP contribution is 2.25. The van der Waals surface area contributed by atoms with Gasteiger partial charge in [-0.05, 0) is 36.6 Å². The number of carbonyl (C=O) groups excluding carboxylic acids is 1. The maximum absolute atomic E-state index is 12.1. The third kappa shape index (κ3) is 3.35. The maximum atomic E-state index is 12.1. The van der Waals surface area contributed by atoms with Crippen LogP contribution in [0.3, 0.4) is 0 Å². The molecule has 2 atom stereocenters. The van der Waals surface area contributed by atoms with Gasteiger partial charge in [-0.3, -0.25) is 4.79 Å². The molecule has 0 aromatic carbocycles. The van der Waals surface area contributed by atoms with Crippen LogP contribution in [0.2, 0.25) is 0 Å². The lowest BCUT2D eigenvalue weighted by molar-refractivity contribution is -0.149. The van der Waals surface area contributed by atoms with Crippen molar-refractivity contribution in [2.75, 3.05) is 6.54 Å². The monoisotopic (exact) mass is 281 g/mol. The molecule has 1 aromatic heterocycles. The fourth-order valence-corrected chi connectivity index (χ4v) is 3.37. The van der Waals surface area contributed by atoms with Gasteiger partial charge in [0.1, 0.15) is 6.04 Å². The number of carbonyl (C=O) groups is 2. The third-order valence-corrected chi connectivity index (χ3v) is 4.60. The number of hydrogen-bond acceptors (Lipinski definition) is 3. The van der Waals surface area contributed by atoms with Gasteiger partial charge in [-0.15, -0.1) is 11.3 Å². The zero-order chi connectivity index (χ0) is 13.8. The predicted molar refractivity (Wildman–Crippen MR) is 74.2 cm³/mol. The molecule has 1 N–H and O–H groups in total. The molecular formula is C14H19NO3S. The van der Waals surface area contributed by atoms with Crippen molar-refractivity contribution in [2.45, 2.75) is 38.6 Å². The normalized spacial score (nSPS) is 22.7. The zero-order valence-electron chi connectivity index (χ0n) is 11.0. The molecular weight excluding hydrogens is 262 g/mol. The summed E-state index contributed by atoms with van der Waals surface area (Å²) < 4.78 is 0. The number of aliphatic carboxylic acids is 1. The van der Waals surface area contributed by atoms with Crippen molar-refractivity contribution in [2.24, 2.45) is 5.92 Å². The van der Waals surface area contributed by atoms with Crippen molar-refractivity contribution in [1.29, 1.82) is 0 Å². The third-order valence-electron chi connectivity index (χ3n) is 3.67. The van der Waals surface area contributed by atoms with Crippen molar-refractivity contribution in [3.8, 4) is 0 Å². The van der Waals surface area contributed by atoms with Gasteiger partial charge in [-0.1, -0.05) is 13.0 Å². The van der Waals surface area contributed by atoms with E-state index in [1.165, 1.54) is 4.88 Å². The van der Waals surface area contributed by atoms with E-state index in [9.17, 15) is 14.7 Å². The molecule has 5 heteroatoms. The molecule has 1 amide bonds. The molecule has 2 heterocycles. The first-order valence-electron chi connectivity index (χ1n) is 6.64. The summed E-state index contributed by atoms with van der Waals surface area (Å²) >= 11 is 1.69. The minimum Gasteiger partial charge on any atom is -0.480 e. The Bertz CT molecular complexity index is 444. The van der Waals surface area contributed by atoms with Crippen LogP contribution in [0.15, 0.2) is 17.5 Å². The van der Waals surface area contributed by atoms with E-state index < -0.39 is 12.0 Å². The summed E-state index contributed by atoms with van der Waals surface area (Å²) in [6.07, 6.45) is 2.91. The molecule has 0 radical (unpaired) electrons. The molecule has 2 unspecified atom stereocenters. The highest BCUT2D eigenvalue weighted by Gasteiger charge is 2.38. The Morgan fingerprint density at radius 1 is 1.53 bits per heavy atom. The van der Waals surface area contributed by atoms with Crippen molar-refractivity contribution in [1.82, 2.24) is 4.90 Å². The lowest BCUT2D eigenvalue weighted by Gasteiger charge is -2.23. The van der Waals surface area contributed by atoms with Gasteiger partial charge in [0.25, 0.3) is 0 Å². The first kappa shape index (κ1) is 14.1. The second kappa shape index (κ2) is 6.19. The molecule has 1 aliphatic rings.